The monoisotopic (exact) mass is 260 g/mol. The van der Waals surface area contributed by atoms with Crippen molar-refractivity contribution < 1.29 is 9.13 Å². The second-order valence-corrected chi connectivity index (χ2v) is 4.38. The van der Waals surface area contributed by atoms with Crippen molar-refractivity contribution in [1.82, 2.24) is 0 Å². The minimum atomic E-state index is -0.685. The Bertz CT molecular complexity index is 395. The van der Waals surface area contributed by atoms with Crippen LogP contribution < -0.4 is 16.2 Å². The van der Waals surface area contributed by atoms with Crippen molar-refractivity contribution in [1.29, 1.82) is 0 Å². The van der Waals surface area contributed by atoms with Gasteiger partial charge in [-0.15, -0.1) is 0 Å². The lowest BCUT2D eigenvalue weighted by atomic mass is 10.1. The highest BCUT2D eigenvalue weighted by Gasteiger charge is 2.16. The van der Waals surface area contributed by atoms with E-state index >= 15 is 0 Å². The highest BCUT2D eigenvalue weighted by atomic mass is 35.5. The largest absolute Gasteiger partial charge is 0.488 e. The van der Waals surface area contributed by atoms with Gasteiger partial charge in [0.25, 0.3) is 0 Å². The van der Waals surface area contributed by atoms with Crippen LogP contribution in [-0.2, 0) is 0 Å². The summed E-state index contributed by atoms with van der Waals surface area (Å²) in [5.74, 6) is -0.309. The van der Waals surface area contributed by atoms with Gasteiger partial charge in [-0.05, 0) is 12.0 Å². The average Bonchev–Trinajstić information content (AvgIpc) is 2.31. The maximum absolute atomic E-state index is 13.8. The maximum atomic E-state index is 13.8. The van der Waals surface area contributed by atoms with Crippen LogP contribution >= 0.6 is 11.6 Å². The third-order valence-corrected chi connectivity index (χ3v) is 3.22. The quantitative estimate of drug-likeness (QED) is 0.797. The van der Waals surface area contributed by atoms with Gasteiger partial charge in [-0.3, -0.25) is 0 Å². The second-order valence-electron chi connectivity index (χ2n) is 4.01. The zero-order valence-corrected chi connectivity index (χ0v) is 10.9. The summed E-state index contributed by atoms with van der Waals surface area (Å²) in [7, 11) is 0. The van der Waals surface area contributed by atoms with Crippen molar-refractivity contribution >= 4 is 23.0 Å². The maximum Gasteiger partial charge on any atom is 0.187 e. The Labute approximate surface area is 106 Å². The first-order valence-corrected chi connectivity index (χ1v) is 6.04. The molecule has 0 aliphatic carbocycles. The molecular weight excluding hydrogens is 243 g/mol. The van der Waals surface area contributed by atoms with E-state index in [9.17, 15) is 4.39 Å². The average molecular weight is 261 g/mol. The number of benzene rings is 1. The summed E-state index contributed by atoms with van der Waals surface area (Å²) in [5.41, 5.74) is 11.4. The molecule has 0 amide bonds. The highest BCUT2D eigenvalue weighted by Crippen LogP contribution is 2.35. The van der Waals surface area contributed by atoms with Crippen molar-refractivity contribution in [3.63, 3.8) is 0 Å². The molecule has 96 valence electrons. The van der Waals surface area contributed by atoms with E-state index in [0.717, 1.165) is 12.8 Å². The van der Waals surface area contributed by atoms with E-state index in [-0.39, 0.29) is 22.1 Å². The van der Waals surface area contributed by atoms with Gasteiger partial charge in [0.15, 0.2) is 11.6 Å². The molecule has 0 aromatic heterocycles. The fraction of sp³-hybridized carbons (Fsp3) is 0.500. The summed E-state index contributed by atoms with van der Waals surface area (Å²) in [6, 6.07) is 1.41. The Morgan fingerprint density at radius 3 is 2.41 bits per heavy atom. The summed E-state index contributed by atoms with van der Waals surface area (Å²) >= 11 is 5.70. The van der Waals surface area contributed by atoms with E-state index in [1.54, 1.807) is 0 Å². The molecule has 0 atom stereocenters. The fourth-order valence-electron chi connectivity index (χ4n) is 1.52. The van der Waals surface area contributed by atoms with Crippen LogP contribution in [0.25, 0.3) is 0 Å². The van der Waals surface area contributed by atoms with Crippen LogP contribution in [-0.4, -0.2) is 6.61 Å². The zero-order chi connectivity index (χ0) is 13.0. The molecule has 1 aromatic carbocycles. The predicted molar refractivity (Wildman–Crippen MR) is 69.8 cm³/mol. The number of nitrogens with two attached hydrogens (primary N) is 2. The van der Waals surface area contributed by atoms with Crippen LogP contribution in [0.4, 0.5) is 15.8 Å². The summed E-state index contributed by atoms with van der Waals surface area (Å²) in [5, 5.41) is -0.140. The molecule has 0 aliphatic heterocycles. The summed E-state index contributed by atoms with van der Waals surface area (Å²) < 4.78 is 19.2. The Hall–Kier alpha value is -1.16. The minimum absolute atomic E-state index is 0.00361. The van der Waals surface area contributed by atoms with Gasteiger partial charge in [0.05, 0.1) is 18.0 Å². The van der Waals surface area contributed by atoms with Gasteiger partial charge >= 0.3 is 0 Å². The van der Waals surface area contributed by atoms with Gasteiger partial charge in [-0.1, -0.05) is 38.3 Å². The molecule has 0 spiro atoms. The molecule has 0 bridgehead atoms. The van der Waals surface area contributed by atoms with Gasteiger partial charge in [0.2, 0.25) is 0 Å². The van der Waals surface area contributed by atoms with Crippen LogP contribution in [0.3, 0.4) is 0 Å². The topological polar surface area (TPSA) is 61.3 Å². The number of nitrogen functional groups attached to an aromatic ring is 2. The Balaban J connectivity index is 2.88. The molecule has 0 radical (unpaired) electrons. The van der Waals surface area contributed by atoms with Gasteiger partial charge in [0.1, 0.15) is 5.02 Å². The predicted octanol–water partition coefficient (Wildman–Crippen LogP) is 3.46. The first-order chi connectivity index (χ1) is 8.01. The molecule has 1 rings (SSSR count). The Kier molecular flexibility index (Phi) is 4.87. The molecule has 1 aromatic rings. The number of ether oxygens (including phenoxy) is 1. The third kappa shape index (κ3) is 3.16. The first kappa shape index (κ1) is 13.9. The van der Waals surface area contributed by atoms with Crippen molar-refractivity contribution in [2.75, 3.05) is 18.1 Å². The number of anilines is 2. The molecule has 5 heteroatoms. The molecule has 0 saturated heterocycles. The van der Waals surface area contributed by atoms with Gasteiger partial charge < -0.3 is 16.2 Å². The van der Waals surface area contributed by atoms with Crippen LogP contribution in [0.1, 0.15) is 26.7 Å². The van der Waals surface area contributed by atoms with Crippen molar-refractivity contribution in [2.24, 2.45) is 5.92 Å². The Morgan fingerprint density at radius 1 is 1.29 bits per heavy atom. The van der Waals surface area contributed by atoms with Crippen molar-refractivity contribution in [3.8, 4) is 5.75 Å². The van der Waals surface area contributed by atoms with E-state index in [1.807, 2.05) is 0 Å². The molecule has 0 fully saturated rings. The van der Waals surface area contributed by atoms with Crippen molar-refractivity contribution in [2.45, 2.75) is 26.7 Å². The van der Waals surface area contributed by atoms with Crippen LogP contribution in [0.15, 0.2) is 6.07 Å². The lowest BCUT2D eigenvalue weighted by Crippen LogP contribution is -2.12. The van der Waals surface area contributed by atoms with Gasteiger partial charge in [-0.2, -0.15) is 0 Å². The number of halogens is 2. The fourth-order valence-corrected chi connectivity index (χ4v) is 1.66. The van der Waals surface area contributed by atoms with E-state index in [0.29, 0.717) is 12.5 Å². The first-order valence-electron chi connectivity index (χ1n) is 5.66. The molecule has 0 heterocycles. The number of hydrogen-bond donors (Lipinski definition) is 2. The number of rotatable bonds is 5. The molecule has 0 saturated carbocycles. The van der Waals surface area contributed by atoms with Gasteiger partial charge in [0, 0.05) is 0 Å². The lowest BCUT2D eigenvalue weighted by Gasteiger charge is -2.16. The zero-order valence-electron chi connectivity index (χ0n) is 10.1. The molecule has 0 unspecified atom stereocenters. The van der Waals surface area contributed by atoms with E-state index < -0.39 is 5.82 Å². The van der Waals surface area contributed by atoms with Crippen molar-refractivity contribution in [3.05, 3.63) is 16.9 Å². The van der Waals surface area contributed by atoms with Crippen LogP contribution in [0, 0.1) is 11.7 Å². The molecule has 0 aliphatic rings. The standard InChI is InChI=1S/C12H18ClFN2O/c1-3-7(4-2)6-17-12-9(16)5-8(15)10(13)11(12)14/h5,7H,3-4,6,15-16H2,1-2H3. The van der Waals surface area contributed by atoms with E-state index in [1.165, 1.54) is 6.07 Å². The molecule has 3 nitrogen and oxygen atoms in total. The molecular formula is C12H18ClFN2O. The van der Waals surface area contributed by atoms with E-state index in [2.05, 4.69) is 13.8 Å². The summed E-state index contributed by atoms with van der Waals surface area (Å²) in [4.78, 5) is 0. The van der Waals surface area contributed by atoms with Crippen LogP contribution in [0.2, 0.25) is 5.02 Å². The highest BCUT2D eigenvalue weighted by molar-refractivity contribution is 6.33. The normalized spacial score (nSPS) is 10.9. The smallest absolute Gasteiger partial charge is 0.187 e. The molecule has 4 N–H and O–H groups in total. The summed E-state index contributed by atoms with van der Waals surface area (Å²) in [6.45, 7) is 4.55. The SMILES string of the molecule is CCC(CC)COc1c(N)cc(N)c(Cl)c1F. The summed E-state index contributed by atoms with van der Waals surface area (Å²) in [6.07, 6.45) is 1.95. The van der Waals surface area contributed by atoms with Gasteiger partial charge in [-0.25, -0.2) is 4.39 Å². The van der Waals surface area contributed by atoms with E-state index in [4.69, 9.17) is 27.8 Å². The molecule has 17 heavy (non-hydrogen) atoms. The Morgan fingerprint density at radius 2 is 1.88 bits per heavy atom. The minimum Gasteiger partial charge on any atom is -0.488 e. The van der Waals surface area contributed by atoms with Crippen LogP contribution in [0.5, 0.6) is 5.75 Å². The number of hydrogen-bond acceptors (Lipinski definition) is 3. The lowest BCUT2D eigenvalue weighted by molar-refractivity contribution is 0.233. The second kappa shape index (κ2) is 5.96. The third-order valence-electron chi connectivity index (χ3n) is 2.84.